The second-order valence-corrected chi connectivity index (χ2v) is 10.0. The van der Waals surface area contributed by atoms with E-state index in [1.807, 2.05) is 75.4 Å². The molecule has 5 rings (SSSR count). The number of aliphatic imine (C=N–C) groups is 1. The van der Waals surface area contributed by atoms with Crippen molar-refractivity contribution in [2.45, 2.75) is 38.3 Å². The topological polar surface area (TPSA) is 63.2 Å². The van der Waals surface area contributed by atoms with Crippen LogP contribution < -0.4 is 4.90 Å². The fraction of sp³-hybridized carbons (Fsp3) is 0.250. The van der Waals surface area contributed by atoms with E-state index in [0.29, 0.717) is 5.02 Å². The zero-order valence-corrected chi connectivity index (χ0v) is 19.5. The van der Waals surface area contributed by atoms with Crippen molar-refractivity contribution >= 4 is 23.1 Å². The highest BCUT2D eigenvalue weighted by atomic mass is 35.5. The number of benzene rings is 3. The molecular formula is C28H23ClN4. The number of anilines is 1. The van der Waals surface area contributed by atoms with Crippen molar-refractivity contribution in [1.29, 1.82) is 10.5 Å². The summed E-state index contributed by atoms with van der Waals surface area (Å²) in [6.45, 7) is 6.11. The number of nitrogens with zero attached hydrogens (tertiary/aromatic N) is 4. The molecule has 33 heavy (non-hydrogen) atoms. The third-order valence-corrected chi connectivity index (χ3v) is 6.63. The van der Waals surface area contributed by atoms with E-state index in [-0.39, 0.29) is 0 Å². The minimum Gasteiger partial charge on any atom is -0.319 e. The van der Waals surface area contributed by atoms with Gasteiger partial charge in [-0.05, 0) is 55.7 Å². The molecule has 0 aliphatic carbocycles. The molecule has 5 heteroatoms. The first-order chi connectivity index (χ1) is 15.8. The maximum atomic E-state index is 10.7. The van der Waals surface area contributed by atoms with Gasteiger partial charge in [0.05, 0.1) is 35.3 Å². The Morgan fingerprint density at radius 3 is 2.12 bits per heavy atom. The third-order valence-electron chi connectivity index (χ3n) is 6.38. The van der Waals surface area contributed by atoms with Gasteiger partial charge in [0.15, 0.2) is 5.41 Å². The average molecular weight is 451 g/mol. The Labute approximate surface area is 199 Å². The lowest BCUT2D eigenvalue weighted by Crippen LogP contribution is -2.36. The number of para-hydroxylation sites is 1. The molecule has 0 amide bonds. The molecule has 0 aromatic heterocycles. The molecule has 3 aromatic rings. The summed E-state index contributed by atoms with van der Waals surface area (Å²) in [6, 6.07) is 28.1. The van der Waals surface area contributed by atoms with E-state index in [4.69, 9.17) is 16.6 Å². The number of rotatable bonds is 1. The number of hydrogen-bond acceptors (Lipinski definition) is 3. The summed E-state index contributed by atoms with van der Waals surface area (Å²) in [5.74, 6) is 0.202. The summed E-state index contributed by atoms with van der Waals surface area (Å²) in [6.07, 6.45) is 0. The minimum absolute atomic E-state index is 0.405. The Morgan fingerprint density at radius 2 is 1.48 bits per heavy atom. The van der Waals surface area contributed by atoms with E-state index in [2.05, 4.69) is 35.2 Å². The van der Waals surface area contributed by atoms with Gasteiger partial charge in [0.25, 0.3) is 0 Å². The van der Waals surface area contributed by atoms with Crippen LogP contribution in [-0.4, -0.2) is 11.4 Å². The van der Waals surface area contributed by atoms with Crippen LogP contribution in [0.2, 0.25) is 5.02 Å². The normalized spacial score (nSPS) is 21.5. The van der Waals surface area contributed by atoms with Crippen LogP contribution >= 0.6 is 11.6 Å². The first-order valence-corrected chi connectivity index (χ1v) is 11.3. The lowest BCUT2D eigenvalue weighted by atomic mass is 9.69. The highest BCUT2D eigenvalue weighted by Crippen LogP contribution is 2.61. The van der Waals surface area contributed by atoms with Crippen molar-refractivity contribution in [2.75, 3.05) is 4.90 Å². The SMILES string of the molecule is CC(C)(C)N=C1[C@H](c2ccc(Cl)cc2)C(C#N)(C#N)[C@H]2c3ccccc3-c3ccccc3N12. The van der Waals surface area contributed by atoms with Crippen LogP contribution in [0.25, 0.3) is 11.1 Å². The molecule has 0 unspecified atom stereocenters. The molecule has 1 fully saturated rings. The monoisotopic (exact) mass is 450 g/mol. The van der Waals surface area contributed by atoms with Gasteiger partial charge < -0.3 is 4.90 Å². The van der Waals surface area contributed by atoms with E-state index in [9.17, 15) is 10.5 Å². The van der Waals surface area contributed by atoms with E-state index in [0.717, 1.165) is 33.8 Å². The van der Waals surface area contributed by atoms with Crippen LogP contribution in [0.5, 0.6) is 0 Å². The summed E-state index contributed by atoms with van der Waals surface area (Å²) in [5, 5.41) is 21.9. The van der Waals surface area contributed by atoms with Crippen LogP contribution in [0.4, 0.5) is 5.69 Å². The van der Waals surface area contributed by atoms with Crippen molar-refractivity contribution in [1.82, 2.24) is 0 Å². The number of halogens is 1. The van der Waals surface area contributed by atoms with Crippen molar-refractivity contribution in [3.8, 4) is 23.3 Å². The fourth-order valence-electron chi connectivity index (χ4n) is 5.18. The third kappa shape index (κ3) is 3.14. The first kappa shape index (κ1) is 21.3. The number of fused-ring (bicyclic) bond motifs is 6. The highest BCUT2D eigenvalue weighted by molar-refractivity contribution is 6.30. The van der Waals surface area contributed by atoms with E-state index < -0.39 is 22.9 Å². The molecule has 0 N–H and O–H groups in total. The lowest BCUT2D eigenvalue weighted by Gasteiger charge is -2.38. The maximum Gasteiger partial charge on any atom is 0.182 e. The van der Waals surface area contributed by atoms with Crippen LogP contribution in [0.1, 0.15) is 43.9 Å². The van der Waals surface area contributed by atoms with E-state index >= 15 is 0 Å². The van der Waals surface area contributed by atoms with Gasteiger partial charge in [-0.25, -0.2) is 0 Å². The van der Waals surface area contributed by atoms with Crippen molar-refractivity contribution < 1.29 is 0 Å². The second-order valence-electron chi connectivity index (χ2n) is 9.59. The van der Waals surface area contributed by atoms with Gasteiger partial charge in [-0.3, -0.25) is 4.99 Å². The highest BCUT2D eigenvalue weighted by Gasteiger charge is 2.62. The lowest BCUT2D eigenvalue weighted by molar-refractivity contribution is 0.437. The summed E-state index contributed by atoms with van der Waals surface area (Å²) in [4.78, 5) is 7.28. The van der Waals surface area contributed by atoms with Gasteiger partial charge in [-0.15, -0.1) is 0 Å². The summed E-state index contributed by atoms with van der Waals surface area (Å²) in [7, 11) is 0. The summed E-state index contributed by atoms with van der Waals surface area (Å²) >= 11 is 6.19. The smallest absolute Gasteiger partial charge is 0.182 e. The number of amidine groups is 1. The zero-order valence-electron chi connectivity index (χ0n) is 18.7. The molecule has 0 saturated carbocycles. The molecule has 2 atom stereocenters. The van der Waals surface area contributed by atoms with Crippen LogP contribution in [0.15, 0.2) is 77.8 Å². The van der Waals surface area contributed by atoms with Gasteiger partial charge in [-0.2, -0.15) is 10.5 Å². The fourth-order valence-corrected chi connectivity index (χ4v) is 5.31. The molecule has 2 heterocycles. The average Bonchev–Trinajstić information content (AvgIpc) is 3.09. The second kappa shape index (κ2) is 7.48. The molecule has 2 aliphatic rings. The quantitative estimate of drug-likeness (QED) is 0.405. The maximum absolute atomic E-state index is 10.7. The zero-order chi connectivity index (χ0) is 23.4. The predicted octanol–water partition coefficient (Wildman–Crippen LogP) is 6.90. The Balaban J connectivity index is 1.90. The van der Waals surface area contributed by atoms with Gasteiger partial charge >= 0.3 is 0 Å². The number of nitriles is 2. The molecular weight excluding hydrogens is 428 g/mol. The minimum atomic E-state index is -1.37. The Morgan fingerprint density at radius 1 is 0.879 bits per heavy atom. The van der Waals surface area contributed by atoms with Crippen molar-refractivity contribution in [3.63, 3.8) is 0 Å². The van der Waals surface area contributed by atoms with E-state index in [1.165, 1.54) is 0 Å². The summed E-state index contributed by atoms with van der Waals surface area (Å²) < 4.78 is 0. The van der Waals surface area contributed by atoms with Crippen LogP contribution in [-0.2, 0) is 0 Å². The van der Waals surface area contributed by atoms with Gasteiger partial charge in [0, 0.05) is 10.6 Å². The molecule has 3 aromatic carbocycles. The standard InChI is InChI=1S/C28H23ClN4/c1-27(2,3)32-26-24(18-12-14-19(29)15-13-18)28(16-30,17-31)25-22-10-5-4-8-20(22)21-9-6-7-11-23(21)33(25)26/h4-15,24-25H,1-3H3/t24-,25+/m0/s1. The Hall–Kier alpha value is -3.60. The van der Waals surface area contributed by atoms with Gasteiger partial charge in [-0.1, -0.05) is 66.2 Å². The predicted molar refractivity (Wildman–Crippen MR) is 132 cm³/mol. The Kier molecular flexibility index (Phi) is 4.82. The van der Waals surface area contributed by atoms with Crippen molar-refractivity contribution in [2.24, 2.45) is 10.4 Å². The van der Waals surface area contributed by atoms with Gasteiger partial charge in [0.2, 0.25) is 0 Å². The molecule has 162 valence electrons. The molecule has 4 nitrogen and oxygen atoms in total. The molecule has 1 saturated heterocycles. The van der Waals surface area contributed by atoms with Crippen LogP contribution in [0, 0.1) is 28.1 Å². The van der Waals surface area contributed by atoms with E-state index in [1.54, 1.807) is 0 Å². The number of hydrogen-bond donors (Lipinski definition) is 0. The molecule has 2 aliphatic heterocycles. The van der Waals surface area contributed by atoms with Gasteiger partial charge in [0.1, 0.15) is 5.84 Å². The largest absolute Gasteiger partial charge is 0.319 e. The molecule has 0 bridgehead atoms. The molecule has 0 spiro atoms. The molecule has 0 radical (unpaired) electrons. The summed E-state index contributed by atoms with van der Waals surface area (Å²) in [5.41, 5.74) is 3.14. The first-order valence-electron chi connectivity index (χ1n) is 11.0. The Bertz CT molecular complexity index is 1340. The van der Waals surface area contributed by atoms with Crippen molar-refractivity contribution in [3.05, 3.63) is 88.9 Å². The van der Waals surface area contributed by atoms with Crippen LogP contribution in [0.3, 0.4) is 0 Å².